The predicted octanol–water partition coefficient (Wildman–Crippen LogP) is 0.420. The van der Waals surface area contributed by atoms with Crippen molar-refractivity contribution in [1.29, 1.82) is 0 Å². The van der Waals surface area contributed by atoms with E-state index in [1.165, 1.54) is 0 Å². The van der Waals surface area contributed by atoms with Crippen LogP contribution in [0.25, 0.3) is 0 Å². The van der Waals surface area contributed by atoms with Crippen LogP contribution in [0.1, 0.15) is 0 Å². The van der Waals surface area contributed by atoms with Crippen LogP contribution in [0.2, 0.25) is 0 Å². The number of aliphatic hydroxyl groups excluding tert-OH is 4. The van der Waals surface area contributed by atoms with Crippen molar-refractivity contribution in [3.05, 3.63) is 0 Å². The Hall–Kier alpha value is 0.710. The summed E-state index contributed by atoms with van der Waals surface area (Å²) in [5, 5.41) is 28.0. The summed E-state index contributed by atoms with van der Waals surface area (Å²) < 4.78 is -0.750. The maximum atomic E-state index is 7.00. The SMILES string of the molecule is CO.CO.CO.CO.ClC(Cl)Cl. The fourth-order valence-electron chi connectivity index (χ4n) is 0. The van der Waals surface area contributed by atoms with E-state index in [1.54, 1.807) is 0 Å². The van der Waals surface area contributed by atoms with Gasteiger partial charge in [0.15, 0.2) is 4.30 Å². The molecular formula is C5H17Cl3O4. The molecule has 0 saturated heterocycles. The van der Waals surface area contributed by atoms with E-state index in [2.05, 4.69) is 0 Å². The van der Waals surface area contributed by atoms with Crippen molar-refractivity contribution < 1.29 is 20.4 Å². The monoisotopic (exact) mass is 246 g/mol. The van der Waals surface area contributed by atoms with Crippen LogP contribution < -0.4 is 0 Å². The van der Waals surface area contributed by atoms with Gasteiger partial charge in [0, 0.05) is 28.4 Å². The quantitative estimate of drug-likeness (QED) is 0.468. The Balaban J connectivity index is -0.0000000181. The summed E-state index contributed by atoms with van der Waals surface area (Å²) in [4.78, 5) is 0. The van der Waals surface area contributed by atoms with Crippen molar-refractivity contribution in [3.63, 3.8) is 0 Å². The zero-order valence-corrected chi connectivity index (χ0v) is 9.77. The second-order valence-electron chi connectivity index (χ2n) is 0.247. The summed E-state index contributed by atoms with van der Waals surface area (Å²) in [6.45, 7) is 0. The first-order chi connectivity index (χ1) is 5.73. The van der Waals surface area contributed by atoms with Gasteiger partial charge in [-0.25, -0.2) is 0 Å². The molecule has 0 atom stereocenters. The fourth-order valence-corrected chi connectivity index (χ4v) is 0. The van der Waals surface area contributed by atoms with Gasteiger partial charge >= 0.3 is 0 Å². The van der Waals surface area contributed by atoms with Gasteiger partial charge in [0.1, 0.15) is 0 Å². The van der Waals surface area contributed by atoms with Crippen molar-refractivity contribution in [1.82, 2.24) is 0 Å². The van der Waals surface area contributed by atoms with Gasteiger partial charge in [-0.2, -0.15) is 0 Å². The molecule has 7 heteroatoms. The molecule has 0 unspecified atom stereocenters. The fraction of sp³-hybridized carbons (Fsp3) is 1.00. The summed E-state index contributed by atoms with van der Waals surface area (Å²) in [6, 6.07) is 0. The Morgan fingerprint density at radius 2 is 0.583 bits per heavy atom. The summed E-state index contributed by atoms with van der Waals surface area (Å²) >= 11 is 14.4. The highest BCUT2D eigenvalue weighted by Gasteiger charge is 1.78. The minimum Gasteiger partial charge on any atom is -0.400 e. The zero-order valence-electron chi connectivity index (χ0n) is 7.50. The zero-order chi connectivity index (χ0) is 11.6. The highest BCUT2D eigenvalue weighted by Crippen LogP contribution is 2.03. The molecule has 4 N–H and O–H groups in total. The van der Waals surface area contributed by atoms with Crippen molar-refractivity contribution in [2.45, 2.75) is 4.30 Å². The van der Waals surface area contributed by atoms with Gasteiger partial charge in [-0.15, -0.1) is 0 Å². The molecule has 82 valence electrons. The van der Waals surface area contributed by atoms with E-state index in [0.717, 1.165) is 28.4 Å². The Kier molecular flexibility index (Phi) is 238. The van der Waals surface area contributed by atoms with Gasteiger partial charge in [0.2, 0.25) is 0 Å². The van der Waals surface area contributed by atoms with Crippen LogP contribution in [0, 0.1) is 0 Å². The molecule has 0 saturated carbocycles. The third-order valence-electron chi connectivity index (χ3n) is 0. The standard InChI is InChI=1S/CHCl3.4CH4O/c2-1(3)4;4*1-2/h1H;4*2H,1H3. The Morgan fingerprint density at radius 1 is 0.583 bits per heavy atom. The highest BCUT2D eigenvalue weighted by atomic mass is 35.6. The molecule has 0 amide bonds. The van der Waals surface area contributed by atoms with Crippen LogP contribution in [0.15, 0.2) is 0 Å². The molecular weight excluding hydrogens is 230 g/mol. The number of alkyl halides is 3. The number of hydrogen-bond donors (Lipinski definition) is 4. The summed E-state index contributed by atoms with van der Waals surface area (Å²) in [6.07, 6.45) is 0. The second kappa shape index (κ2) is 97.6. The summed E-state index contributed by atoms with van der Waals surface area (Å²) in [5.41, 5.74) is 0. The second-order valence-corrected chi connectivity index (χ2v) is 2.23. The van der Waals surface area contributed by atoms with E-state index in [9.17, 15) is 0 Å². The van der Waals surface area contributed by atoms with Crippen LogP contribution in [0.3, 0.4) is 0 Å². The molecule has 0 heterocycles. The van der Waals surface area contributed by atoms with Crippen molar-refractivity contribution >= 4 is 34.8 Å². The van der Waals surface area contributed by atoms with Gasteiger partial charge in [-0.3, -0.25) is 0 Å². The lowest BCUT2D eigenvalue weighted by Crippen LogP contribution is -1.55. The molecule has 0 bridgehead atoms. The van der Waals surface area contributed by atoms with Crippen LogP contribution in [0.4, 0.5) is 0 Å². The molecule has 12 heavy (non-hydrogen) atoms. The van der Waals surface area contributed by atoms with Gasteiger partial charge in [0.25, 0.3) is 0 Å². The van der Waals surface area contributed by atoms with Crippen molar-refractivity contribution in [2.24, 2.45) is 0 Å². The molecule has 0 fully saturated rings. The van der Waals surface area contributed by atoms with Crippen molar-refractivity contribution in [2.75, 3.05) is 28.4 Å². The van der Waals surface area contributed by atoms with Gasteiger partial charge in [-0.1, -0.05) is 34.8 Å². The predicted molar refractivity (Wildman–Crippen MR) is 53.9 cm³/mol. The lowest BCUT2D eigenvalue weighted by Gasteiger charge is -1.69. The lowest BCUT2D eigenvalue weighted by atomic mass is 11.8. The molecule has 0 aromatic heterocycles. The minimum atomic E-state index is -0.750. The average Bonchev–Trinajstić information content (AvgIpc) is 2.16. The van der Waals surface area contributed by atoms with E-state index >= 15 is 0 Å². The maximum absolute atomic E-state index is 7.00. The number of halogens is 3. The normalized spacial score (nSPS) is 5.00. The van der Waals surface area contributed by atoms with Crippen LogP contribution >= 0.6 is 34.8 Å². The summed E-state index contributed by atoms with van der Waals surface area (Å²) in [7, 11) is 4.00. The molecule has 0 aliphatic heterocycles. The van der Waals surface area contributed by atoms with E-state index in [1.807, 2.05) is 0 Å². The minimum absolute atomic E-state index is 0.750. The van der Waals surface area contributed by atoms with E-state index in [0.29, 0.717) is 0 Å². The van der Waals surface area contributed by atoms with Gasteiger partial charge in [-0.05, 0) is 0 Å². The van der Waals surface area contributed by atoms with Gasteiger partial charge < -0.3 is 20.4 Å². The smallest absolute Gasteiger partial charge is 0.180 e. The van der Waals surface area contributed by atoms with E-state index < -0.39 is 4.30 Å². The number of rotatable bonds is 0. The number of hydrogen-bond acceptors (Lipinski definition) is 4. The van der Waals surface area contributed by atoms with Crippen LogP contribution in [0.5, 0.6) is 0 Å². The third-order valence-corrected chi connectivity index (χ3v) is 0. The van der Waals surface area contributed by atoms with E-state index in [-0.39, 0.29) is 0 Å². The molecule has 0 rings (SSSR count). The highest BCUT2D eigenvalue weighted by molar-refractivity contribution is 6.63. The molecule has 0 aromatic rings. The Labute approximate surface area is 88.3 Å². The Morgan fingerprint density at radius 3 is 0.583 bits per heavy atom. The number of aliphatic hydroxyl groups is 4. The molecule has 0 radical (unpaired) electrons. The molecule has 0 spiro atoms. The average molecular weight is 248 g/mol. The third kappa shape index (κ3) is 2000. The van der Waals surface area contributed by atoms with Crippen molar-refractivity contribution in [3.8, 4) is 0 Å². The first-order valence-corrected chi connectivity index (χ1v) is 3.75. The summed E-state index contributed by atoms with van der Waals surface area (Å²) in [5.74, 6) is 0. The van der Waals surface area contributed by atoms with Gasteiger partial charge in [0.05, 0.1) is 0 Å². The Bertz CT molecular complexity index is 23.4. The lowest BCUT2D eigenvalue weighted by molar-refractivity contribution is 0.399. The first-order valence-electron chi connectivity index (χ1n) is 2.44. The van der Waals surface area contributed by atoms with E-state index in [4.69, 9.17) is 55.2 Å². The topological polar surface area (TPSA) is 80.9 Å². The molecule has 0 aliphatic rings. The first kappa shape index (κ1) is 29.3. The molecule has 0 aliphatic carbocycles. The molecule has 4 nitrogen and oxygen atoms in total. The maximum Gasteiger partial charge on any atom is 0.180 e. The van der Waals surface area contributed by atoms with Crippen LogP contribution in [-0.4, -0.2) is 53.2 Å². The van der Waals surface area contributed by atoms with Crippen LogP contribution in [-0.2, 0) is 0 Å². The molecule has 0 aromatic carbocycles. The largest absolute Gasteiger partial charge is 0.400 e.